The zero-order valence-electron chi connectivity index (χ0n) is 10.7. The molecule has 9 nitrogen and oxygen atoms in total. The number of hydrogen-bond acceptors (Lipinski definition) is 6. The van der Waals surface area contributed by atoms with Gasteiger partial charge in [0.1, 0.15) is 0 Å². The van der Waals surface area contributed by atoms with Crippen LogP contribution in [0.5, 0.6) is 0 Å². The summed E-state index contributed by atoms with van der Waals surface area (Å²) >= 11 is 5.61. The van der Waals surface area contributed by atoms with Gasteiger partial charge in [-0.25, -0.2) is 0 Å². The molecule has 0 atom stereocenters. The molecule has 0 radical (unpaired) electrons. The summed E-state index contributed by atoms with van der Waals surface area (Å²) in [6, 6.07) is 4.75. The lowest BCUT2D eigenvalue weighted by molar-refractivity contribution is -0.393. The molecule has 0 saturated heterocycles. The lowest BCUT2D eigenvalue weighted by Gasteiger charge is -2.05. The number of amides is 1. The van der Waals surface area contributed by atoms with Crippen LogP contribution in [-0.4, -0.2) is 20.7 Å². The van der Waals surface area contributed by atoms with Gasteiger partial charge in [0, 0.05) is 30.2 Å². The first kappa shape index (κ1) is 15.3. The monoisotopic (exact) mass is 322 g/mol. The highest BCUT2D eigenvalue weighted by Crippen LogP contribution is 2.35. The third-order valence-corrected chi connectivity index (χ3v) is 3.02. The van der Waals surface area contributed by atoms with Gasteiger partial charge in [0.05, 0.1) is 15.4 Å². The van der Waals surface area contributed by atoms with Crippen LogP contribution >= 0.6 is 11.6 Å². The predicted octanol–water partition coefficient (Wildman–Crippen LogP) is 2.80. The van der Waals surface area contributed by atoms with Crippen molar-refractivity contribution in [1.29, 1.82) is 0 Å². The first-order valence-electron chi connectivity index (χ1n) is 5.74. The molecule has 1 heterocycles. The fourth-order valence-corrected chi connectivity index (χ4v) is 1.88. The molecule has 10 heteroatoms. The number of anilines is 1. The van der Waals surface area contributed by atoms with Gasteiger partial charge in [-0.1, -0.05) is 11.6 Å². The van der Waals surface area contributed by atoms with Gasteiger partial charge in [-0.05, 0) is 12.1 Å². The summed E-state index contributed by atoms with van der Waals surface area (Å²) in [4.78, 5) is 35.8. The lowest BCUT2D eigenvalue weighted by atomic mass is 10.1. The van der Waals surface area contributed by atoms with Gasteiger partial charge < -0.3 is 5.32 Å². The van der Waals surface area contributed by atoms with Gasteiger partial charge in [-0.2, -0.15) is 0 Å². The molecule has 1 N–H and O–H groups in total. The van der Waals surface area contributed by atoms with E-state index in [4.69, 9.17) is 11.6 Å². The predicted molar refractivity (Wildman–Crippen MR) is 77.0 cm³/mol. The van der Waals surface area contributed by atoms with Crippen molar-refractivity contribution in [3.8, 4) is 0 Å². The standard InChI is InChI=1S/C12H7ClN4O5/c13-11-9(16(19)20)5-7(6-10(11)17(21)22)12(18)15-8-1-3-14-4-2-8/h1-6H,(H,14,15,18). The summed E-state index contributed by atoms with van der Waals surface area (Å²) in [5.41, 5.74) is -1.29. The summed E-state index contributed by atoms with van der Waals surface area (Å²) in [5, 5.41) is 23.6. The van der Waals surface area contributed by atoms with Gasteiger partial charge in [0.15, 0.2) is 5.02 Å². The topological polar surface area (TPSA) is 128 Å². The molecule has 1 amide bonds. The maximum Gasteiger partial charge on any atom is 0.295 e. The summed E-state index contributed by atoms with van der Waals surface area (Å²) in [7, 11) is 0. The van der Waals surface area contributed by atoms with Crippen LogP contribution < -0.4 is 5.32 Å². The molecule has 1 aromatic heterocycles. The molecule has 1 aromatic carbocycles. The van der Waals surface area contributed by atoms with Gasteiger partial charge in [-0.15, -0.1) is 0 Å². The quantitative estimate of drug-likeness (QED) is 0.680. The number of aromatic nitrogens is 1. The van der Waals surface area contributed by atoms with E-state index in [1.807, 2.05) is 0 Å². The Kier molecular flexibility index (Phi) is 4.28. The van der Waals surface area contributed by atoms with E-state index in [0.717, 1.165) is 12.1 Å². The molecule has 22 heavy (non-hydrogen) atoms. The van der Waals surface area contributed by atoms with Gasteiger partial charge in [-0.3, -0.25) is 30.0 Å². The third kappa shape index (κ3) is 3.15. The highest BCUT2D eigenvalue weighted by atomic mass is 35.5. The fourth-order valence-electron chi connectivity index (χ4n) is 1.63. The molecule has 0 aliphatic rings. The number of nitro benzene ring substituents is 2. The molecule has 0 fully saturated rings. The van der Waals surface area contributed by atoms with E-state index in [9.17, 15) is 25.0 Å². The molecule has 0 spiro atoms. The van der Waals surface area contributed by atoms with Gasteiger partial charge >= 0.3 is 0 Å². The van der Waals surface area contributed by atoms with Gasteiger partial charge in [0.2, 0.25) is 0 Å². The molecule has 0 bridgehead atoms. The Morgan fingerprint density at radius 1 is 1.09 bits per heavy atom. The smallest absolute Gasteiger partial charge is 0.295 e. The van der Waals surface area contributed by atoms with Crippen molar-refractivity contribution in [2.24, 2.45) is 0 Å². The van der Waals surface area contributed by atoms with Crippen molar-refractivity contribution in [3.05, 3.63) is 67.5 Å². The van der Waals surface area contributed by atoms with E-state index in [1.54, 1.807) is 0 Å². The van der Waals surface area contributed by atoms with Crippen LogP contribution in [0.2, 0.25) is 5.02 Å². The van der Waals surface area contributed by atoms with E-state index in [1.165, 1.54) is 24.5 Å². The number of carbonyl (C=O) groups is 1. The van der Waals surface area contributed by atoms with Crippen LogP contribution in [0, 0.1) is 20.2 Å². The van der Waals surface area contributed by atoms with Crippen LogP contribution in [-0.2, 0) is 0 Å². The number of pyridine rings is 1. The number of rotatable bonds is 4. The molecule has 112 valence electrons. The molecule has 0 unspecified atom stereocenters. The highest BCUT2D eigenvalue weighted by molar-refractivity contribution is 6.35. The van der Waals surface area contributed by atoms with Crippen molar-refractivity contribution in [2.45, 2.75) is 0 Å². The Labute approximate surface area is 127 Å². The number of halogens is 1. The van der Waals surface area contributed by atoms with Crippen LogP contribution in [0.15, 0.2) is 36.7 Å². The first-order valence-corrected chi connectivity index (χ1v) is 6.11. The third-order valence-electron chi connectivity index (χ3n) is 2.63. The molecule has 0 aliphatic heterocycles. The van der Waals surface area contributed by atoms with Crippen molar-refractivity contribution in [3.63, 3.8) is 0 Å². The van der Waals surface area contributed by atoms with E-state index >= 15 is 0 Å². The van der Waals surface area contributed by atoms with E-state index in [2.05, 4.69) is 10.3 Å². The summed E-state index contributed by atoms with van der Waals surface area (Å²) in [6.07, 6.45) is 2.87. The highest BCUT2D eigenvalue weighted by Gasteiger charge is 2.27. The number of nitro groups is 2. The zero-order valence-corrected chi connectivity index (χ0v) is 11.5. The molecular weight excluding hydrogens is 316 g/mol. The van der Waals surface area contributed by atoms with E-state index in [-0.39, 0.29) is 5.56 Å². The Hall–Kier alpha value is -3.07. The van der Waals surface area contributed by atoms with E-state index < -0.39 is 32.2 Å². The second-order valence-corrected chi connectivity index (χ2v) is 4.41. The van der Waals surface area contributed by atoms with Crippen molar-refractivity contribution < 1.29 is 14.6 Å². The maximum atomic E-state index is 12.1. The summed E-state index contributed by atoms with van der Waals surface area (Å²) in [6.45, 7) is 0. The van der Waals surface area contributed by atoms with Gasteiger partial charge in [0.25, 0.3) is 17.3 Å². The molecule has 2 aromatic rings. The Balaban J connectivity index is 2.44. The maximum absolute atomic E-state index is 12.1. The fraction of sp³-hybridized carbons (Fsp3) is 0. The van der Waals surface area contributed by atoms with E-state index in [0.29, 0.717) is 5.69 Å². The zero-order chi connectivity index (χ0) is 16.3. The normalized spacial score (nSPS) is 10.0. The summed E-state index contributed by atoms with van der Waals surface area (Å²) in [5.74, 6) is -0.742. The van der Waals surface area contributed by atoms with Crippen molar-refractivity contribution >= 4 is 34.6 Å². The molecular formula is C12H7ClN4O5. The minimum absolute atomic E-state index is 0.250. The second kappa shape index (κ2) is 6.14. The van der Waals surface area contributed by atoms with Crippen LogP contribution in [0.3, 0.4) is 0 Å². The second-order valence-electron chi connectivity index (χ2n) is 4.03. The average molecular weight is 323 g/mol. The summed E-state index contributed by atoms with van der Waals surface area (Å²) < 4.78 is 0. The molecule has 2 rings (SSSR count). The number of hydrogen-bond donors (Lipinski definition) is 1. The largest absolute Gasteiger partial charge is 0.322 e. The van der Waals surface area contributed by atoms with Crippen molar-refractivity contribution in [2.75, 3.05) is 5.32 Å². The Bertz CT molecular complexity index is 730. The minimum Gasteiger partial charge on any atom is -0.322 e. The Morgan fingerprint density at radius 3 is 2.05 bits per heavy atom. The van der Waals surface area contributed by atoms with Crippen LogP contribution in [0.4, 0.5) is 17.1 Å². The Morgan fingerprint density at radius 2 is 1.59 bits per heavy atom. The average Bonchev–Trinajstić information content (AvgIpc) is 2.47. The van der Waals surface area contributed by atoms with Crippen LogP contribution in [0.1, 0.15) is 10.4 Å². The number of nitrogens with one attached hydrogen (secondary N) is 1. The van der Waals surface area contributed by atoms with Crippen molar-refractivity contribution in [1.82, 2.24) is 4.98 Å². The first-order chi connectivity index (χ1) is 10.4. The number of benzene rings is 1. The number of carbonyl (C=O) groups excluding carboxylic acids is 1. The van der Waals surface area contributed by atoms with Crippen LogP contribution in [0.25, 0.3) is 0 Å². The molecule has 0 saturated carbocycles. The lowest BCUT2D eigenvalue weighted by Crippen LogP contribution is -2.13. The minimum atomic E-state index is -0.890. The number of nitrogens with zero attached hydrogens (tertiary/aromatic N) is 3. The SMILES string of the molecule is O=C(Nc1ccncc1)c1cc([N+](=O)[O-])c(Cl)c([N+](=O)[O-])c1. The molecule has 0 aliphatic carbocycles.